The van der Waals surface area contributed by atoms with E-state index < -0.39 is 4.92 Å². The molecule has 0 atom stereocenters. The summed E-state index contributed by atoms with van der Waals surface area (Å²) in [7, 11) is 0. The zero-order chi connectivity index (χ0) is 11.4. The van der Waals surface area contributed by atoms with Crippen LogP contribution in [0.4, 0.5) is 5.69 Å². The minimum absolute atomic E-state index is 0.152. The maximum atomic E-state index is 10.7. The molecule has 0 aliphatic rings. The summed E-state index contributed by atoms with van der Waals surface area (Å²) in [6.07, 6.45) is 0.771. The molecular formula is C9H10ClNO3S. The highest BCUT2D eigenvalue weighted by Gasteiger charge is 2.19. The molecule has 82 valence electrons. The van der Waals surface area contributed by atoms with Gasteiger partial charge in [0.1, 0.15) is 0 Å². The van der Waals surface area contributed by atoms with Crippen molar-refractivity contribution in [2.24, 2.45) is 0 Å². The Bertz CT molecular complexity index is 384. The summed E-state index contributed by atoms with van der Waals surface area (Å²) >= 11 is 9.78. The minimum Gasteiger partial charge on any atom is -0.486 e. The molecule has 0 bridgehead atoms. The first-order valence-electron chi connectivity index (χ1n) is 4.36. The van der Waals surface area contributed by atoms with E-state index in [2.05, 4.69) is 12.6 Å². The van der Waals surface area contributed by atoms with E-state index in [0.29, 0.717) is 11.5 Å². The van der Waals surface area contributed by atoms with Crippen LogP contribution in [-0.2, 0) is 0 Å². The molecule has 1 rings (SSSR count). The van der Waals surface area contributed by atoms with Crippen LogP contribution in [0.3, 0.4) is 0 Å². The molecule has 15 heavy (non-hydrogen) atoms. The fraction of sp³-hybridized carbons (Fsp3) is 0.333. The van der Waals surface area contributed by atoms with Crippen LogP contribution in [0.25, 0.3) is 0 Å². The lowest BCUT2D eigenvalue weighted by Gasteiger charge is -2.08. The van der Waals surface area contributed by atoms with Crippen molar-refractivity contribution in [1.29, 1.82) is 0 Å². The van der Waals surface area contributed by atoms with Crippen LogP contribution in [0, 0.1) is 10.1 Å². The van der Waals surface area contributed by atoms with E-state index in [4.69, 9.17) is 16.3 Å². The maximum Gasteiger partial charge on any atom is 0.313 e. The number of nitrogens with zero attached hydrogens (tertiary/aromatic N) is 1. The summed E-state index contributed by atoms with van der Waals surface area (Å²) in [6, 6.07) is 2.77. The van der Waals surface area contributed by atoms with Crippen molar-refractivity contribution in [3.63, 3.8) is 0 Å². The topological polar surface area (TPSA) is 52.4 Å². The Morgan fingerprint density at radius 1 is 1.60 bits per heavy atom. The monoisotopic (exact) mass is 247 g/mol. The smallest absolute Gasteiger partial charge is 0.313 e. The molecule has 0 saturated heterocycles. The predicted octanol–water partition coefficient (Wildman–Crippen LogP) is 3.33. The lowest BCUT2D eigenvalue weighted by atomic mass is 10.3. The van der Waals surface area contributed by atoms with Gasteiger partial charge in [-0.3, -0.25) is 10.1 Å². The third-order valence-corrected chi connectivity index (χ3v) is 2.21. The molecule has 0 radical (unpaired) electrons. The molecule has 0 heterocycles. The van der Waals surface area contributed by atoms with E-state index in [0.717, 1.165) is 6.42 Å². The normalized spacial score (nSPS) is 10.1. The number of ether oxygens (including phenoxy) is 1. The van der Waals surface area contributed by atoms with Gasteiger partial charge < -0.3 is 4.74 Å². The lowest BCUT2D eigenvalue weighted by molar-refractivity contribution is -0.386. The lowest BCUT2D eigenvalue weighted by Crippen LogP contribution is -2.00. The van der Waals surface area contributed by atoms with Crippen molar-refractivity contribution >= 4 is 29.9 Å². The number of nitro groups is 1. The number of thiol groups is 1. The van der Waals surface area contributed by atoms with Crippen molar-refractivity contribution in [2.75, 3.05) is 6.61 Å². The minimum atomic E-state index is -0.531. The van der Waals surface area contributed by atoms with Crippen LogP contribution >= 0.6 is 24.2 Å². The van der Waals surface area contributed by atoms with E-state index in [1.807, 2.05) is 6.92 Å². The molecule has 1 aromatic rings. The average molecular weight is 248 g/mol. The number of halogens is 1. The zero-order valence-electron chi connectivity index (χ0n) is 8.07. The Hall–Kier alpha value is -0.940. The van der Waals surface area contributed by atoms with E-state index in [1.54, 1.807) is 0 Å². The Labute approximate surface area is 97.8 Å². The van der Waals surface area contributed by atoms with Crippen molar-refractivity contribution < 1.29 is 9.66 Å². The van der Waals surface area contributed by atoms with Gasteiger partial charge in [0.15, 0.2) is 0 Å². The maximum absolute atomic E-state index is 10.7. The van der Waals surface area contributed by atoms with E-state index in [9.17, 15) is 10.1 Å². The number of benzene rings is 1. The molecular weight excluding hydrogens is 238 g/mol. The molecule has 0 spiro atoms. The summed E-state index contributed by atoms with van der Waals surface area (Å²) in [5, 5.41) is 11.0. The molecule has 0 aliphatic heterocycles. The third kappa shape index (κ3) is 3.00. The van der Waals surface area contributed by atoms with Gasteiger partial charge in [-0.25, -0.2) is 0 Å². The van der Waals surface area contributed by atoms with Gasteiger partial charge in [0.05, 0.1) is 16.4 Å². The molecule has 0 fully saturated rings. The second kappa shape index (κ2) is 5.23. The fourth-order valence-electron chi connectivity index (χ4n) is 1.05. The van der Waals surface area contributed by atoms with Crippen molar-refractivity contribution in [3.05, 3.63) is 27.3 Å². The zero-order valence-corrected chi connectivity index (χ0v) is 9.72. The van der Waals surface area contributed by atoms with E-state index in [-0.39, 0.29) is 16.5 Å². The van der Waals surface area contributed by atoms with Gasteiger partial charge in [-0.2, -0.15) is 0 Å². The van der Waals surface area contributed by atoms with Crippen molar-refractivity contribution in [3.8, 4) is 5.75 Å². The van der Waals surface area contributed by atoms with E-state index >= 15 is 0 Å². The van der Waals surface area contributed by atoms with Crippen molar-refractivity contribution in [2.45, 2.75) is 18.2 Å². The van der Waals surface area contributed by atoms with Crippen LogP contribution < -0.4 is 4.74 Å². The summed E-state index contributed by atoms with van der Waals surface area (Å²) in [5.74, 6) is 0.176. The predicted molar refractivity (Wildman–Crippen MR) is 61.1 cm³/mol. The Morgan fingerprint density at radius 2 is 2.27 bits per heavy atom. The molecule has 6 heteroatoms. The van der Waals surface area contributed by atoms with Gasteiger partial charge in [0, 0.05) is 11.1 Å². The van der Waals surface area contributed by atoms with Gasteiger partial charge in [-0.15, -0.1) is 12.6 Å². The quantitative estimate of drug-likeness (QED) is 0.504. The number of hydrogen-bond acceptors (Lipinski definition) is 4. The highest BCUT2D eigenvalue weighted by Crippen LogP contribution is 2.36. The summed E-state index contributed by atoms with van der Waals surface area (Å²) in [5.41, 5.74) is -0.152. The van der Waals surface area contributed by atoms with Gasteiger partial charge in [-0.05, 0) is 12.5 Å². The molecule has 0 aliphatic carbocycles. The number of nitro benzene ring substituents is 1. The van der Waals surface area contributed by atoms with Gasteiger partial charge >= 0.3 is 5.69 Å². The van der Waals surface area contributed by atoms with Gasteiger partial charge in [0.25, 0.3) is 0 Å². The Kier molecular flexibility index (Phi) is 4.23. The number of rotatable bonds is 4. The first kappa shape index (κ1) is 12.1. The summed E-state index contributed by atoms with van der Waals surface area (Å²) < 4.78 is 5.26. The molecule has 1 aromatic carbocycles. The summed E-state index contributed by atoms with van der Waals surface area (Å²) in [6.45, 7) is 2.33. The largest absolute Gasteiger partial charge is 0.486 e. The number of hydrogen-bond donors (Lipinski definition) is 1. The highest BCUT2D eigenvalue weighted by atomic mass is 35.5. The second-order valence-corrected chi connectivity index (χ2v) is 3.80. The van der Waals surface area contributed by atoms with Crippen molar-refractivity contribution in [1.82, 2.24) is 0 Å². The first-order chi connectivity index (χ1) is 7.06. The van der Waals surface area contributed by atoms with Gasteiger partial charge in [-0.1, -0.05) is 18.5 Å². The van der Waals surface area contributed by atoms with Crippen LogP contribution in [0.2, 0.25) is 5.02 Å². The molecule has 0 aromatic heterocycles. The highest BCUT2D eigenvalue weighted by molar-refractivity contribution is 7.80. The van der Waals surface area contributed by atoms with Gasteiger partial charge in [0.2, 0.25) is 5.75 Å². The Morgan fingerprint density at radius 3 is 2.80 bits per heavy atom. The van der Waals surface area contributed by atoms with Crippen LogP contribution in [0.1, 0.15) is 13.3 Å². The second-order valence-electron chi connectivity index (χ2n) is 2.88. The van der Waals surface area contributed by atoms with E-state index in [1.165, 1.54) is 12.1 Å². The average Bonchev–Trinajstić information content (AvgIpc) is 2.15. The Balaban J connectivity index is 3.15. The van der Waals surface area contributed by atoms with Crippen LogP contribution in [-0.4, -0.2) is 11.5 Å². The van der Waals surface area contributed by atoms with Crippen LogP contribution in [0.15, 0.2) is 17.0 Å². The molecule has 0 saturated carbocycles. The first-order valence-corrected chi connectivity index (χ1v) is 5.18. The fourth-order valence-corrected chi connectivity index (χ4v) is 1.66. The SMILES string of the molecule is CCCOc1c(S)cc(Cl)cc1[N+](=O)[O-]. The molecule has 0 unspecified atom stereocenters. The standard InChI is InChI=1S/C9H10ClNO3S/c1-2-3-14-9-7(11(12)13)4-6(10)5-8(9)15/h4-5,15H,2-3H2,1H3. The molecule has 4 nitrogen and oxygen atoms in total. The summed E-state index contributed by atoms with van der Waals surface area (Å²) in [4.78, 5) is 10.6. The third-order valence-electron chi connectivity index (χ3n) is 1.66. The molecule has 0 amide bonds. The van der Waals surface area contributed by atoms with Crippen LogP contribution in [0.5, 0.6) is 5.75 Å². The molecule has 0 N–H and O–H groups in total.